The Bertz CT molecular complexity index is 85.7. The minimum absolute atomic E-state index is 0. The molecule has 0 aliphatic rings. The molecule has 0 spiro atoms. The first kappa shape index (κ1) is 13.6. The third kappa shape index (κ3) is 4.02. The van der Waals surface area contributed by atoms with Crippen LogP contribution in [0.25, 0.3) is 5.32 Å². The zero-order valence-electron chi connectivity index (χ0n) is 7.51. The van der Waals surface area contributed by atoms with Crippen LogP contribution in [0.5, 0.6) is 0 Å². The van der Waals surface area contributed by atoms with Crippen molar-refractivity contribution in [3.63, 3.8) is 0 Å². The van der Waals surface area contributed by atoms with Gasteiger partial charge in [-0.05, 0) is 6.92 Å². The van der Waals surface area contributed by atoms with Crippen molar-refractivity contribution >= 4 is 0 Å². The number of hydrogen-bond acceptors (Lipinski definition) is 1. The van der Waals surface area contributed by atoms with Crippen molar-refractivity contribution in [1.82, 2.24) is 0 Å². The zero-order valence-corrected chi connectivity index (χ0v) is 10.3. The third-order valence-corrected chi connectivity index (χ3v) is 1.92. The molecule has 0 aromatic rings. The summed E-state index contributed by atoms with van der Waals surface area (Å²) in [7, 11) is 3.52. The number of methoxy groups -OCH3 is 1. The van der Waals surface area contributed by atoms with Crippen LogP contribution < -0.4 is 0 Å². The Hall–Kier alpha value is 1.02. The fraction of sp³-hybridized carbons (Fsp3) is 1.00. The van der Waals surface area contributed by atoms with E-state index in [1.807, 2.05) is 14.0 Å². The molecule has 0 aromatic carbocycles. The molecular weight excluding hydrogens is 203 g/mol. The van der Waals surface area contributed by atoms with E-state index in [9.17, 15) is 0 Å². The molecule has 1 unspecified atom stereocenters. The normalized spacial score (nSPS) is 14.1. The quantitative estimate of drug-likeness (QED) is 0.709. The van der Waals surface area contributed by atoms with Gasteiger partial charge in [-0.25, -0.2) is 0 Å². The van der Waals surface area contributed by atoms with Gasteiger partial charge in [-0.2, -0.15) is 7.05 Å². The van der Waals surface area contributed by atoms with E-state index in [0.29, 0.717) is 0 Å². The van der Waals surface area contributed by atoms with Gasteiger partial charge in [0.15, 0.2) is 0 Å². The third-order valence-electron chi connectivity index (χ3n) is 1.92. The Morgan fingerprint density at radius 1 is 1.40 bits per heavy atom. The maximum absolute atomic E-state index is 5.11. The number of rotatable bonds is 3. The molecule has 1 atom stereocenters. The van der Waals surface area contributed by atoms with Gasteiger partial charge in [0.1, 0.15) is 0 Å². The van der Waals surface area contributed by atoms with Crippen molar-refractivity contribution in [3.05, 3.63) is 5.32 Å². The molecular formula is C7H16NOY+2. The van der Waals surface area contributed by atoms with Crippen LogP contribution in [-0.4, -0.2) is 25.8 Å². The van der Waals surface area contributed by atoms with Crippen LogP contribution in [0.2, 0.25) is 0 Å². The molecule has 0 saturated carbocycles. The van der Waals surface area contributed by atoms with Gasteiger partial charge in [0.25, 0.3) is 0 Å². The maximum Gasteiger partial charge on any atom is 3.00 e. The van der Waals surface area contributed by atoms with Crippen molar-refractivity contribution in [2.24, 2.45) is 0 Å². The fourth-order valence-electron chi connectivity index (χ4n) is 0.470. The Morgan fingerprint density at radius 3 is 1.90 bits per heavy atom. The van der Waals surface area contributed by atoms with E-state index in [-0.39, 0.29) is 44.4 Å². The molecule has 0 amide bonds. The number of ether oxygens (including phenoxy) is 1. The second-order valence-corrected chi connectivity index (χ2v) is 2.76. The van der Waals surface area contributed by atoms with E-state index < -0.39 is 0 Å². The van der Waals surface area contributed by atoms with Gasteiger partial charge in [0, 0.05) is 13.2 Å². The van der Waals surface area contributed by atoms with Crippen LogP contribution in [0.3, 0.4) is 0 Å². The topological polar surface area (TPSA) is 23.3 Å². The molecule has 0 rings (SSSR count). The van der Waals surface area contributed by atoms with Gasteiger partial charge >= 0.3 is 32.7 Å². The van der Waals surface area contributed by atoms with Crippen LogP contribution in [0.15, 0.2) is 0 Å². The molecule has 2 nitrogen and oxygen atoms in total. The van der Waals surface area contributed by atoms with Crippen LogP contribution in [0, 0.1) is 0 Å². The van der Waals surface area contributed by atoms with E-state index in [2.05, 4.69) is 19.2 Å². The molecule has 56 valence electrons. The molecule has 0 bridgehead atoms. The van der Waals surface area contributed by atoms with Gasteiger partial charge in [0.2, 0.25) is 0 Å². The fourth-order valence-corrected chi connectivity index (χ4v) is 0.470. The number of hydrogen-bond donors (Lipinski definition) is 0. The summed E-state index contributed by atoms with van der Waals surface area (Å²) in [6.07, 6.45) is 0.197. The summed E-state index contributed by atoms with van der Waals surface area (Å²) in [6.45, 7) is 6.13. The molecule has 3 heteroatoms. The smallest absolute Gasteiger partial charge is 0.658 e. The molecule has 10 heavy (non-hydrogen) atoms. The summed E-state index contributed by atoms with van der Waals surface area (Å²) in [5, 5.41) is 4.17. The van der Waals surface area contributed by atoms with Crippen molar-refractivity contribution < 1.29 is 37.4 Å². The van der Waals surface area contributed by atoms with Crippen LogP contribution in [0.4, 0.5) is 0 Å². The van der Waals surface area contributed by atoms with Crippen molar-refractivity contribution in [2.45, 2.75) is 32.4 Å². The van der Waals surface area contributed by atoms with Gasteiger partial charge in [-0.15, -0.1) is 5.54 Å². The molecule has 0 N–H and O–H groups in total. The van der Waals surface area contributed by atoms with E-state index in [4.69, 9.17) is 4.74 Å². The van der Waals surface area contributed by atoms with Gasteiger partial charge in [0.05, 0.1) is 0 Å². The summed E-state index contributed by atoms with van der Waals surface area (Å²) in [5.74, 6) is 0. The molecule has 0 aliphatic carbocycles. The standard InChI is InChI=1S/C7H16NO.Y/c1-6(9-5)7(2,3)8-4;/h6H,1-5H3;/q-1;+3. The maximum atomic E-state index is 5.11. The van der Waals surface area contributed by atoms with E-state index in [1.165, 1.54) is 0 Å². The van der Waals surface area contributed by atoms with Gasteiger partial charge in [-0.1, -0.05) is 13.8 Å². The summed E-state index contributed by atoms with van der Waals surface area (Å²) in [5.41, 5.74) is -0.0469. The summed E-state index contributed by atoms with van der Waals surface area (Å²) < 4.78 is 5.11. The first-order valence-corrected chi connectivity index (χ1v) is 3.18. The summed E-state index contributed by atoms with van der Waals surface area (Å²) in [6, 6.07) is 0. The number of likely N-dealkylation sites (N-methyl/N-ethyl adjacent to an activating group) is 1. The number of nitrogens with zero attached hydrogens (tertiary/aromatic N) is 1. The van der Waals surface area contributed by atoms with E-state index >= 15 is 0 Å². The average Bonchev–Trinajstić information content (AvgIpc) is 1.86. The van der Waals surface area contributed by atoms with E-state index in [0.717, 1.165) is 0 Å². The Morgan fingerprint density at radius 2 is 1.80 bits per heavy atom. The molecule has 0 aromatic heterocycles. The summed E-state index contributed by atoms with van der Waals surface area (Å²) >= 11 is 0. The SMILES string of the molecule is C[N-]C(C)(C)C(C)OC.[Y+3]. The van der Waals surface area contributed by atoms with Crippen LogP contribution >= 0.6 is 0 Å². The second-order valence-electron chi connectivity index (χ2n) is 2.76. The van der Waals surface area contributed by atoms with Crippen molar-refractivity contribution in [3.8, 4) is 0 Å². The van der Waals surface area contributed by atoms with Gasteiger partial charge in [-0.3, -0.25) is 0 Å². The van der Waals surface area contributed by atoms with E-state index in [1.54, 1.807) is 7.11 Å². The minimum Gasteiger partial charge on any atom is -0.658 e. The molecule has 0 radical (unpaired) electrons. The van der Waals surface area contributed by atoms with Crippen LogP contribution in [0.1, 0.15) is 20.8 Å². The largest absolute Gasteiger partial charge is 3.00 e. The Labute approximate surface area is 89.0 Å². The Balaban J connectivity index is 0. The van der Waals surface area contributed by atoms with Gasteiger partial charge < -0.3 is 10.1 Å². The first-order chi connectivity index (χ1) is 4.04. The molecule has 0 heterocycles. The average molecular weight is 219 g/mol. The first-order valence-electron chi connectivity index (χ1n) is 3.18. The van der Waals surface area contributed by atoms with Crippen molar-refractivity contribution in [2.75, 3.05) is 14.2 Å². The molecule has 0 aliphatic heterocycles. The molecule has 0 saturated heterocycles. The summed E-state index contributed by atoms with van der Waals surface area (Å²) in [4.78, 5) is 0. The second kappa shape index (κ2) is 5.65. The van der Waals surface area contributed by atoms with Crippen molar-refractivity contribution in [1.29, 1.82) is 0 Å². The zero-order chi connectivity index (χ0) is 7.49. The minimum atomic E-state index is -0.0469. The Kier molecular flexibility index (Phi) is 7.68. The predicted molar refractivity (Wildman–Crippen MR) is 39.8 cm³/mol. The van der Waals surface area contributed by atoms with Crippen LogP contribution in [-0.2, 0) is 37.4 Å². The molecule has 0 fully saturated rings. The monoisotopic (exact) mass is 219 g/mol. The predicted octanol–water partition coefficient (Wildman–Crippen LogP) is 1.80.